The molecule has 2 nitrogen and oxygen atoms in total. The molecule has 2 rings (SSSR count). The maximum Gasteiger partial charge on any atom is 0.573 e. The smallest absolute Gasteiger partial charge is 0.405 e. The highest BCUT2D eigenvalue weighted by Crippen LogP contribution is 2.30. The standard InChI is InChI=1S/C14H7BrClF3O2/c15-11-6-5-8(16)7-10(11)13(20)9-3-1-2-4-12(9)21-14(17,18)19/h1-7H. The number of para-hydroxylation sites is 1. The van der Waals surface area contributed by atoms with Crippen molar-refractivity contribution in [1.82, 2.24) is 0 Å². The summed E-state index contributed by atoms with van der Waals surface area (Å²) in [5, 5.41) is 0.302. The van der Waals surface area contributed by atoms with Crippen LogP contribution in [0.5, 0.6) is 5.75 Å². The second-order valence-corrected chi connectivity index (χ2v) is 5.29. The Morgan fingerprint density at radius 1 is 1.10 bits per heavy atom. The second kappa shape index (κ2) is 6.07. The molecule has 0 N–H and O–H groups in total. The van der Waals surface area contributed by atoms with Crippen LogP contribution in [0.3, 0.4) is 0 Å². The number of hydrogen-bond acceptors (Lipinski definition) is 2. The molecular formula is C14H7BrClF3O2. The van der Waals surface area contributed by atoms with Gasteiger partial charge in [0.05, 0.1) is 5.56 Å². The highest BCUT2D eigenvalue weighted by Gasteiger charge is 2.33. The van der Waals surface area contributed by atoms with Crippen molar-refractivity contribution in [3.63, 3.8) is 0 Å². The largest absolute Gasteiger partial charge is 0.573 e. The van der Waals surface area contributed by atoms with Crippen molar-refractivity contribution >= 4 is 33.3 Å². The summed E-state index contributed by atoms with van der Waals surface area (Å²) in [5.41, 5.74) is -0.0430. The van der Waals surface area contributed by atoms with Gasteiger partial charge in [-0.3, -0.25) is 4.79 Å². The summed E-state index contributed by atoms with van der Waals surface area (Å²) in [6.07, 6.45) is -4.87. The zero-order valence-electron chi connectivity index (χ0n) is 10.2. The summed E-state index contributed by atoms with van der Waals surface area (Å²) in [6, 6.07) is 9.62. The van der Waals surface area contributed by atoms with Gasteiger partial charge >= 0.3 is 6.36 Å². The van der Waals surface area contributed by atoms with E-state index in [1.54, 1.807) is 12.1 Å². The molecular weight excluding hydrogens is 373 g/mol. The fraction of sp³-hybridized carbons (Fsp3) is 0.0714. The van der Waals surface area contributed by atoms with Crippen LogP contribution in [0.2, 0.25) is 5.02 Å². The minimum Gasteiger partial charge on any atom is -0.405 e. The van der Waals surface area contributed by atoms with Crippen LogP contribution >= 0.6 is 27.5 Å². The lowest BCUT2D eigenvalue weighted by Gasteiger charge is -2.13. The molecule has 7 heteroatoms. The predicted molar refractivity (Wildman–Crippen MR) is 75.7 cm³/mol. The van der Waals surface area contributed by atoms with E-state index in [1.165, 1.54) is 24.3 Å². The van der Waals surface area contributed by atoms with E-state index in [9.17, 15) is 18.0 Å². The molecule has 0 aliphatic carbocycles. The van der Waals surface area contributed by atoms with Gasteiger partial charge in [-0.25, -0.2) is 0 Å². The molecule has 0 radical (unpaired) electrons. The number of ether oxygens (including phenoxy) is 1. The van der Waals surface area contributed by atoms with Gasteiger partial charge in [-0.15, -0.1) is 13.2 Å². The topological polar surface area (TPSA) is 26.3 Å². The number of carbonyl (C=O) groups excluding carboxylic acids is 1. The Kier molecular flexibility index (Phi) is 4.58. The van der Waals surface area contributed by atoms with Crippen LogP contribution in [0.15, 0.2) is 46.9 Å². The Morgan fingerprint density at radius 3 is 2.43 bits per heavy atom. The fourth-order valence-electron chi connectivity index (χ4n) is 1.68. The van der Waals surface area contributed by atoms with E-state index in [0.29, 0.717) is 9.50 Å². The molecule has 0 aliphatic heterocycles. The Hall–Kier alpha value is -1.53. The van der Waals surface area contributed by atoms with Gasteiger partial charge in [0.1, 0.15) is 5.75 Å². The molecule has 0 aliphatic rings. The molecule has 0 fully saturated rings. The zero-order valence-corrected chi connectivity index (χ0v) is 12.6. The molecule has 0 heterocycles. The Morgan fingerprint density at radius 2 is 1.76 bits per heavy atom. The number of halogens is 5. The molecule has 110 valence electrons. The summed E-state index contributed by atoms with van der Waals surface area (Å²) in [6.45, 7) is 0. The minimum absolute atomic E-state index is 0.153. The summed E-state index contributed by atoms with van der Waals surface area (Å²) >= 11 is 8.98. The Labute approximate surface area is 131 Å². The predicted octanol–water partition coefficient (Wildman–Crippen LogP) is 5.23. The van der Waals surface area contributed by atoms with Crippen LogP contribution in [0.25, 0.3) is 0 Å². The number of ketones is 1. The first-order valence-corrected chi connectivity index (χ1v) is 6.79. The third-order valence-corrected chi connectivity index (χ3v) is 3.46. The summed E-state index contributed by atoms with van der Waals surface area (Å²) in [4.78, 5) is 12.4. The zero-order chi connectivity index (χ0) is 15.6. The number of alkyl halides is 3. The monoisotopic (exact) mass is 378 g/mol. The highest BCUT2D eigenvalue weighted by atomic mass is 79.9. The SMILES string of the molecule is O=C(c1cc(Cl)ccc1Br)c1ccccc1OC(F)(F)F. The van der Waals surface area contributed by atoms with Gasteiger partial charge < -0.3 is 4.74 Å². The number of rotatable bonds is 3. The van der Waals surface area contributed by atoms with Crippen molar-refractivity contribution < 1.29 is 22.7 Å². The first-order chi connectivity index (χ1) is 9.78. The van der Waals surface area contributed by atoms with Crippen molar-refractivity contribution in [3.8, 4) is 5.75 Å². The van der Waals surface area contributed by atoms with Crippen LogP contribution in [0.1, 0.15) is 15.9 Å². The van der Waals surface area contributed by atoms with Crippen molar-refractivity contribution in [2.24, 2.45) is 0 Å². The average molecular weight is 380 g/mol. The molecule has 0 saturated carbocycles. The van der Waals surface area contributed by atoms with Crippen molar-refractivity contribution in [1.29, 1.82) is 0 Å². The summed E-state index contributed by atoms with van der Waals surface area (Å²) in [5.74, 6) is -1.17. The Bertz CT molecular complexity index is 686. The lowest BCUT2D eigenvalue weighted by Crippen LogP contribution is -2.19. The maximum absolute atomic E-state index is 12.4. The lowest BCUT2D eigenvalue weighted by molar-refractivity contribution is -0.274. The quantitative estimate of drug-likeness (QED) is 0.683. The molecule has 0 aromatic heterocycles. The molecule has 0 spiro atoms. The van der Waals surface area contributed by atoms with Crippen molar-refractivity contribution in [2.75, 3.05) is 0 Å². The second-order valence-electron chi connectivity index (χ2n) is 4.00. The van der Waals surface area contributed by atoms with Crippen LogP contribution in [0, 0.1) is 0 Å². The molecule has 21 heavy (non-hydrogen) atoms. The molecule has 2 aromatic carbocycles. The number of hydrogen-bond donors (Lipinski definition) is 0. The minimum atomic E-state index is -4.87. The first-order valence-electron chi connectivity index (χ1n) is 5.62. The van der Waals surface area contributed by atoms with E-state index in [2.05, 4.69) is 20.7 Å². The highest BCUT2D eigenvalue weighted by molar-refractivity contribution is 9.10. The van der Waals surface area contributed by atoms with Gasteiger partial charge in [-0.2, -0.15) is 0 Å². The van der Waals surface area contributed by atoms with Gasteiger partial charge in [0, 0.05) is 15.1 Å². The van der Waals surface area contributed by atoms with E-state index in [4.69, 9.17) is 11.6 Å². The maximum atomic E-state index is 12.4. The molecule has 0 bridgehead atoms. The first kappa shape index (κ1) is 15.9. The normalized spacial score (nSPS) is 11.3. The Balaban J connectivity index is 2.46. The molecule has 0 atom stereocenters. The fourth-order valence-corrected chi connectivity index (χ4v) is 2.28. The molecule has 0 saturated heterocycles. The number of benzene rings is 2. The van der Waals surface area contributed by atoms with Gasteiger partial charge in [-0.1, -0.05) is 39.7 Å². The van der Waals surface area contributed by atoms with Gasteiger partial charge in [0.2, 0.25) is 0 Å². The van der Waals surface area contributed by atoms with Gasteiger partial charge in [-0.05, 0) is 30.3 Å². The third-order valence-electron chi connectivity index (χ3n) is 2.53. The van der Waals surface area contributed by atoms with Crippen LogP contribution in [-0.2, 0) is 0 Å². The molecule has 0 amide bonds. The van der Waals surface area contributed by atoms with Crippen LogP contribution < -0.4 is 4.74 Å². The lowest BCUT2D eigenvalue weighted by atomic mass is 10.0. The summed E-state index contributed by atoms with van der Waals surface area (Å²) in [7, 11) is 0. The molecule has 0 unspecified atom stereocenters. The van der Waals surface area contributed by atoms with Crippen molar-refractivity contribution in [2.45, 2.75) is 6.36 Å². The van der Waals surface area contributed by atoms with E-state index < -0.39 is 17.9 Å². The number of carbonyl (C=O) groups is 1. The third kappa shape index (κ3) is 3.98. The van der Waals surface area contributed by atoms with E-state index in [0.717, 1.165) is 6.07 Å². The van der Waals surface area contributed by atoms with Crippen molar-refractivity contribution in [3.05, 3.63) is 63.1 Å². The van der Waals surface area contributed by atoms with Crippen LogP contribution in [-0.4, -0.2) is 12.1 Å². The summed E-state index contributed by atoms with van der Waals surface area (Å²) < 4.78 is 41.4. The van der Waals surface area contributed by atoms with Gasteiger partial charge in [0.25, 0.3) is 0 Å². The molecule has 2 aromatic rings. The average Bonchev–Trinajstić information content (AvgIpc) is 2.39. The van der Waals surface area contributed by atoms with E-state index in [1.807, 2.05) is 0 Å². The van der Waals surface area contributed by atoms with E-state index in [-0.39, 0.29) is 11.1 Å². The van der Waals surface area contributed by atoms with Crippen LogP contribution in [0.4, 0.5) is 13.2 Å². The van der Waals surface area contributed by atoms with Gasteiger partial charge in [0.15, 0.2) is 5.78 Å². The van der Waals surface area contributed by atoms with E-state index >= 15 is 0 Å².